The molecule has 0 spiro atoms. The van der Waals surface area contributed by atoms with Crippen molar-refractivity contribution in [2.24, 2.45) is 11.7 Å². The molecular weight excluding hydrogens is 258 g/mol. The number of aliphatic hydroxyl groups excluding tert-OH is 1. The van der Waals surface area contributed by atoms with Crippen LogP contribution in [0.25, 0.3) is 0 Å². The van der Waals surface area contributed by atoms with Crippen molar-refractivity contribution in [3.05, 3.63) is 0 Å². The summed E-state index contributed by atoms with van der Waals surface area (Å²) >= 11 is 0. The molecule has 0 bridgehead atoms. The molecule has 20 heavy (non-hydrogen) atoms. The largest absolute Gasteiger partial charge is 0.400 e. The molecule has 0 saturated heterocycles. The molecular formula is C15H35NO4. The van der Waals surface area contributed by atoms with Gasteiger partial charge >= 0.3 is 0 Å². The van der Waals surface area contributed by atoms with Gasteiger partial charge in [-0.1, -0.05) is 27.7 Å². The van der Waals surface area contributed by atoms with Crippen LogP contribution in [0.2, 0.25) is 0 Å². The van der Waals surface area contributed by atoms with Gasteiger partial charge in [0.25, 0.3) is 0 Å². The third-order valence-electron chi connectivity index (χ3n) is 2.13. The first-order chi connectivity index (χ1) is 9.33. The predicted molar refractivity (Wildman–Crippen MR) is 83.6 cm³/mol. The van der Waals surface area contributed by atoms with Gasteiger partial charge in [-0.25, -0.2) is 0 Å². The minimum Gasteiger partial charge on any atom is -0.400 e. The molecule has 5 heteroatoms. The van der Waals surface area contributed by atoms with Crippen molar-refractivity contribution in [2.75, 3.05) is 26.9 Å². The van der Waals surface area contributed by atoms with Crippen LogP contribution >= 0.6 is 0 Å². The standard InChI is InChI=1S/C12H25NO3.C2H6.CH4O/c1-10(2)5-8-16-12(3,4)9-15-7-6-11(13)14;2*1-2/h10H,5-9H2,1-4H3,(H2,13,14);1-2H3;2H,1H3. The molecule has 0 fully saturated rings. The molecule has 5 nitrogen and oxygen atoms in total. The van der Waals surface area contributed by atoms with Crippen molar-refractivity contribution >= 4 is 5.91 Å². The number of carbonyl (C=O) groups excluding carboxylic acids is 1. The summed E-state index contributed by atoms with van der Waals surface area (Å²) in [6.07, 6.45) is 1.31. The number of nitrogens with two attached hydrogens (primary N) is 1. The molecule has 0 aromatic rings. The van der Waals surface area contributed by atoms with E-state index in [2.05, 4.69) is 13.8 Å². The fraction of sp³-hybridized carbons (Fsp3) is 0.933. The molecule has 0 unspecified atom stereocenters. The number of aliphatic hydroxyl groups is 1. The topological polar surface area (TPSA) is 81.8 Å². The zero-order valence-corrected chi connectivity index (χ0v) is 14.4. The van der Waals surface area contributed by atoms with Crippen LogP contribution in [0.4, 0.5) is 0 Å². The van der Waals surface area contributed by atoms with E-state index in [0.29, 0.717) is 19.1 Å². The molecule has 3 N–H and O–H groups in total. The lowest BCUT2D eigenvalue weighted by Crippen LogP contribution is -2.32. The highest BCUT2D eigenvalue weighted by Gasteiger charge is 2.18. The predicted octanol–water partition coefficient (Wildman–Crippen LogP) is 2.35. The summed E-state index contributed by atoms with van der Waals surface area (Å²) in [5, 5.41) is 7.00. The van der Waals surface area contributed by atoms with Crippen LogP contribution in [0.15, 0.2) is 0 Å². The van der Waals surface area contributed by atoms with Crippen LogP contribution in [0, 0.1) is 5.92 Å². The Morgan fingerprint density at radius 2 is 1.70 bits per heavy atom. The van der Waals surface area contributed by atoms with Crippen LogP contribution in [0.1, 0.15) is 54.4 Å². The van der Waals surface area contributed by atoms with Crippen molar-refractivity contribution in [3.8, 4) is 0 Å². The Morgan fingerprint density at radius 3 is 2.10 bits per heavy atom. The number of primary amides is 1. The number of ether oxygens (including phenoxy) is 2. The van der Waals surface area contributed by atoms with E-state index in [-0.39, 0.29) is 17.9 Å². The summed E-state index contributed by atoms with van der Waals surface area (Å²) in [6, 6.07) is 0. The lowest BCUT2D eigenvalue weighted by atomic mass is 10.1. The molecule has 0 rings (SSSR count). The summed E-state index contributed by atoms with van der Waals surface area (Å²) < 4.78 is 11.0. The van der Waals surface area contributed by atoms with E-state index in [4.69, 9.17) is 20.3 Å². The van der Waals surface area contributed by atoms with E-state index >= 15 is 0 Å². The number of carbonyl (C=O) groups is 1. The smallest absolute Gasteiger partial charge is 0.219 e. The maximum atomic E-state index is 10.5. The van der Waals surface area contributed by atoms with Gasteiger partial charge in [0, 0.05) is 20.1 Å². The molecule has 0 radical (unpaired) electrons. The van der Waals surface area contributed by atoms with Crippen molar-refractivity contribution < 1.29 is 19.4 Å². The van der Waals surface area contributed by atoms with Crippen LogP contribution in [0.3, 0.4) is 0 Å². The number of hydrogen-bond acceptors (Lipinski definition) is 4. The first kappa shape index (κ1) is 24.4. The van der Waals surface area contributed by atoms with E-state index in [0.717, 1.165) is 20.1 Å². The Hall–Kier alpha value is -0.650. The maximum absolute atomic E-state index is 10.5. The summed E-state index contributed by atoms with van der Waals surface area (Å²) in [7, 11) is 1.00. The zero-order valence-electron chi connectivity index (χ0n) is 14.4. The fourth-order valence-electron chi connectivity index (χ4n) is 1.10. The van der Waals surface area contributed by atoms with Crippen LogP contribution in [0.5, 0.6) is 0 Å². The zero-order chi connectivity index (χ0) is 16.6. The molecule has 0 atom stereocenters. The molecule has 0 aliphatic heterocycles. The van der Waals surface area contributed by atoms with Gasteiger partial charge in [-0.05, 0) is 26.2 Å². The van der Waals surface area contributed by atoms with Gasteiger partial charge in [-0.3, -0.25) is 4.79 Å². The fourth-order valence-corrected chi connectivity index (χ4v) is 1.10. The van der Waals surface area contributed by atoms with Gasteiger partial charge < -0.3 is 20.3 Å². The third kappa shape index (κ3) is 22.5. The van der Waals surface area contributed by atoms with Crippen LogP contribution < -0.4 is 5.73 Å². The Bertz CT molecular complexity index is 206. The summed E-state index contributed by atoms with van der Waals surface area (Å²) in [4.78, 5) is 10.5. The second-order valence-electron chi connectivity index (χ2n) is 5.06. The van der Waals surface area contributed by atoms with E-state index < -0.39 is 0 Å². The molecule has 0 aliphatic carbocycles. The summed E-state index contributed by atoms with van der Waals surface area (Å²) in [6.45, 7) is 13.9. The van der Waals surface area contributed by atoms with Gasteiger partial charge in [0.2, 0.25) is 5.91 Å². The monoisotopic (exact) mass is 293 g/mol. The highest BCUT2D eigenvalue weighted by molar-refractivity contribution is 5.73. The lowest BCUT2D eigenvalue weighted by molar-refractivity contribution is -0.120. The van der Waals surface area contributed by atoms with E-state index in [1.807, 2.05) is 27.7 Å². The van der Waals surface area contributed by atoms with Gasteiger partial charge in [0.1, 0.15) is 0 Å². The second kappa shape index (κ2) is 16.4. The molecule has 0 heterocycles. The maximum Gasteiger partial charge on any atom is 0.219 e. The van der Waals surface area contributed by atoms with Gasteiger partial charge in [0.15, 0.2) is 0 Å². The highest BCUT2D eigenvalue weighted by Crippen LogP contribution is 2.12. The molecule has 0 aromatic heterocycles. The van der Waals surface area contributed by atoms with Crippen LogP contribution in [-0.4, -0.2) is 43.5 Å². The highest BCUT2D eigenvalue weighted by atomic mass is 16.5. The first-order valence-electron chi connectivity index (χ1n) is 7.28. The molecule has 0 aromatic carbocycles. The summed E-state index contributed by atoms with van der Waals surface area (Å²) in [5.41, 5.74) is 4.71. The Kier molecular flexibility index (Phi) is 20.0. The van der Waals surface area contributed by atoms with E-state index in [9.17, 15) is 4.79 Å². The van der Waals surface area contributed by atoms with E-state index in [1.165, 1.54) is 0 Å². The molecule has 0 aliphatic rings. The van der Waals surface area contributed by atoms with Gasteiger partial charge in [0.05, 0.1) is 18.8 Å². The van der Waals surface area contributed by atoms with Crippen molar-refractivity contribution in [3.63, 3.8) is 0 Å². The second-order valence-corrected chi connectivity index (χ2v) is 5.06. The average Bonchev–Trinajstić information content (AvgIpc) is 2.38. The van der Waals surface area contributed by atoms with Crippen molar-refractivity contribution in [1.82, 2.24) is 0 Å². The Balaban J connectivity index is -0.000000656. The SMILES string of the molecule is CC.CC(C)CCOC(C)(C)COCCC(N)=O.CO. The minimum absolute atomic E-state index is 0.266. The number of hydrogen-bond donors (Lipinski definition) is 2. The quantitative estimate of drug-likeness (QED) is 0.639. The van der Waals surface area contributed by atoms with Crippen LogP contribution in [-0.2, 0) is 14.3 Å². The Morgan fingerprint density at radius 1 is 1.20 bits per heavy atom. The van der Waals surface area contributed by atoms with Gasteiger partial charge in [-0.15, -0.1) is 0 Å². The molecule has 0 saturated carbocycles. The minimum atomic E-state index is -0.335. The van der Waals surface area contributed by atoms with E-state index in [1.54, 1.807) is 0 Å². The molecule has 124 valence electrons. The number of amides is 1. The van der Waals surface area contributed by atoms with Crippen molar-refractivity contribution in [1.29, 1.82) is 0 Å². The van der Waals surface area contributed by atoms with Crippen molar-refractivity contribution in [2.45, 2.75) is 60.0 Å². The van der Waals surface area contributed by atoms with Gasteiger partial charge in [-0.2, -0.15) is 0 Å². The normalized spacial score (nSPS) is 10.2. The lowest BCUT2D eigenvalue weighted by Gasteiger charge is -2.25. The third-order valence-corrected chi connectivity index (χ3v) is 2.13. The number of rotatable bonds is 9. The molecule has 1 amide bonds. The summed E-state index contributed by atoms with van der Waals surface area (Å²) in [5.74, 6) is 0.310. The first-order valence-corrected chi connectivity index (χ1v) is 7.28. The Labute approximate surface area is 124 Å². The average molecular weight is 293 g/mol.